The average molecular weight is 282 g/mol. The van der Waals surface area contributed by atoms with E-state index in [1.165, 1.54) is 6.07 Å². The van der Waals surface area contributed by atoms with Gasteiger partial charge in [0.1, 0.15) is 17.7 Å². The van der Waals surface area contributed by atoms with Crippen LogP contribution in [0.15, 0.2) is 18.2 Å². The highest BCUT2D eigenvalue weighted by Gasteiger charge is 2.21. The maximum atomic E-state index is 13.3. The van der Waals surface area contributed by atoms with Crippen LogP contribution in [0.1, 0.15) is 18.4 Å². The second-order valence-electron chi connectivity index (χ2n) is 4.03. The van der Waals surface area contributed by atoms with Crippen molar-refractivity contribution in [2.75, 3.05) is 0 Å². The Morgan fingerprint density at radius 3 is 2.45 bits per heavy atom. The minimum atomic E-state index is -1.30. The highest BCUT2D eigenvalue weighted by Crippen LogP contribution is 2.12. The van der Waals surface area contributed by atoms with E-state index < -0.39 is 41.5 Å². The highest BCUT2D eigenvalue weighted by molar-refractivity contribution is 5.84. The number of nitrogens with one attached hydrogen (secondary N) is 1. The Morgan fingerprint density at radius 2 is 1.95 bits per heavy atom. The third kappa shape index (κ3) is 4.31. The van der Waals surface area contributed by atoms with Crippen LogP contribution in [0, 0.1) is 23.0 Å². The van der Waals surface area contributed by atoms with Crippen molar-refractivity contribution in [3.8, 4) is 6.07 Å². The molecular weight excluding hydrogens is 270 g/mol. The smallest absolute Gasteiger partial charge is 0.326 e. The van der Waals surface area contributed by atoms with Gasteiger partial charge in [0, 0.05) is 12.0 Å². The molecule has 2 N–H and O–H groups in total. The summed E-state index contributed by atoms with van der Waals surface area (Å²) in [6.45, 7) is 0. The van der Waals surface area contributed by atoms with E-state index in [0.717, 1.165) is 12.1 Å². The summed E-state index contributed by atoms with van der Waals surface area (Å²) in [4.78, 5) is 22.5. The number of carbonyl (C=O) groups excluding carboxylic acids is 1. The van der Waals surface area contributed by atoms with E-state index in [0.29, 0.717) is 0 Å². The molecule has 0 aliphatic carbocycles. The molecule has 0 heterocycles. The first-order chi connectivity index (χ1) is 9.45. The van der Waals surface area contributed by atoms with Gasteiger partial charge in [-0.1, -0.05) is 6.07 Å². The molecule has 0 unspecified atom stereocenters. The van der Waals surface area contributed by atoms with E-state index in [9.17, 15) is 18.4 Å². The molecule has 1 amide bonds. The van der Waals surface area contributed by atoms with Gasteiger partial charge in [0.05, 0.1) is 12.5 Å². The molecule has 0 saturated heterocycles. The highest BCUT2D eigenvalue weighted by atomic mass is 19.1. The van der Waals surface area contributed by atoms with Crippen molar-refractivity contribution in [2.45, 2.75) is 25.3 Å². The van der Waals surface area contributed by atoms with Crippen LogP contribution in [0.4, 0.5) is 8.78 Å². The molecule has 0 fully saturated rings. The normalized spacial score (nSPS) is 11.4. The molecule has 0 bridgehead atoms. The van der Waals surface area contributed by atoms with Gasteiger partial charge in [-0.2, -0.15) is 5.26 Å². The number of halogens is 2. The fourth-order valence-electron chi connectivity index (χ4n) is 1.57. The number of amides is 1. The van der Waals surface area contributed by atoms with Crippen LogP contribution in [0.5, 0.6) is 0 Å². The topological polar surface area (TPSA) is 90.2 Å². The Kier molecular flexibility index (Phi) is 5.59. The summed E-state index contributed by atoms with van der Waals surface area (Å²) >= 11 is 0. The minimum absolute atomic E-state index is 0.0503. The van der Waals surface area contributed by atoms with Crippen molar-refractivity contribution in [1.29, 1.82) is 5.26 Å². The zero-order chi connectivity index (χ0) is 15.1. The summed E-state index contributed by atoms with van der Waals surface area (Å²) in [5, 5.41) is 19.4. The molecule has 106 valence electrons. The number of carbonyl (C=O) groups is 2. The van der Waals surface area contributed by atoms with E-state index in [1.54, 1.807) is 6.07 Å². The van der Waals surface area contributed by atoms with E-state index in [1.807, 2.05) is 0 Å². The van der Waals surface area contributed by atoms with Crippen molar-refractivity contribution in [3.05, 3.63) is 35.4 Å². The number of carboxylic acids is 1. The number of carboxylic acid groups (broad SMARTS) is 1. The third-order valence-electron chi connectivity index (χ3n) is 2.58. The summed E-state index contributed by atoms with van der Waals surface area (Å²) in [6, 6.07) is 3.69. The average Bonchev–Trinajstić information content (AvgIpc) is 2.38. The van der Waals surface area contributed by atoms with Gasteiger partial charge in [0.15, 0.2) is 0 Å². The molecule has 0 saturated carbocycles. The van der Waals surface area contributed by atoms with Crippen LogP contribution in [0.2, 0.25) is 0 Å². The quantitative estimate of drug-likeness (QED) is 0.824. The molecule has 1 aromatic carbocycles. The van der Waals surface area contributed by atoms with Crippen molar-refractivity contribution >= 4 is 11.9 Å². The van der Waals surface area contributed by atoms with Crippen molar-refractivity contribution in [2.24, 2.45) is 0 Å². The second kappa shape index (κ2) is 7.19. The lowest BCUT2D eigenvalue weighted by atomic mass is 10.1. The fraction of sp³-hybridized carbons (Fsp3) is 0.308. The summed E-state index contributed by atoms with van der Waals surface area (Å²) in [5.41, 5.74) is -0.422. The zero-order valence-corrected chi connectivity index (χ0v) is 10.4. The molecule has 1 aromatic rings. The van der Waals surface area contributed by atoms with E-state index in [4.69, 9.17) is 10.4 Å². The van der Waals surface area contributed by atoms with Gasteiger partial charge < -0.3 is 10.4 Å². The van der Waals surface area contributed by atoms with Gasteiger partial charge in [-0.25, -0.2) is 13.6 Å². The first kappa shape index (κ1) is 15.6. The molecule has 0 aromatic heterocycles. The lowest BCUT2D eigenvalue weighted by Gasteiger charge is -2.13. The SMILES string of the molecule is N#CCC[C@H](NC(=O)Cc1c(F)cccc1F)C(=O)O. The molecule has 5 nitrogen and oxygen atoms in total. The number of benzene rings is 1. The summed E-state index contributed by atoms with van der Waals surface area (Å²) < 4.78 is 26.7. The maximum Gasteiger partial charge on any atom is 0.326 e. The van der Waals surface area contributed by atoms with Gasteiger partial charge >= 0.3 is 5.97 Å². The predicted molar refractivity (Wildman–Crippen MR) is 64.5 cm³/mol. The van der Waals surface area contributed by atoms with Crippen LogP contribution in [-0.4, -0.2) is 23.0 Å². The van der Waals surface area contributed by atoms with E-state index in [-0.39, 0.29) is 12.8 Å². The first-order valence-corrected chi connectivity index (χ1v) is 5.77. The molecule has 7 heteroatoms. The Labute approximate surface area is 113 Å². The Morgan fingerprint density at radius 1 is 1.35 bits per heavy atom. The van der Waals surface area contributed by atoms with Gasteiger partial charge in [-0.05, 0) is 18.6 Å². The van der Waals surface area contributed by atoms with E-state index >= 15 is 0 Å². The molecule has 1 atom stereocenters. The molecule has 0 aliphatic rings. The number of nitriles is 1. The van der Waals surface area contributed by atoms with Gasteiger partial charge in [0.25, 0.3) is 0 Å². The van der Waals surface area contributed by atoms with Crippen LogP contribution in [-0.2, 0) is 16.0 Å². The number of hydrogen-bond acceptors (Lipinski definition) is 3. The zero-order valence-electron chi connectivity index (χ0n) is 10.4. The summed E-state index contributed by atoms with van der Waals surface area (Å²) in [7, 11) is 0. The molecule has 20 heavy (non-hydrogen) atoms. The van der Waals surface area contributed by atoms with Crippen LogP contribution >= 0.6 is 0 Å². The maximum absolute atomic E-state index is 13.3. The van der Waals surface area contributed by atoms with E-state index in [2.05, 4.69) is 5.32 Å². The molecular formula is C13H12F2N2O3. The number of rotatable bonds is 6. The lowest BCUT2D eigenvalue weighted by molar-refractivity contribution is -0.141. The molecule has 0 spiro atoms. The minimum Gasteiger partial charge on any atom is -0.480 e. The van der Waals surface area contributed by atoms with Gasteiger partial charge in [-0.3, -0.25) is 4.79 Å². The predicted octanol–water partition coefficient (Wildman–Crippen LogP) is 1.38. The van der Waals surface area contributed by atoms with Gasteiger partial charge in [-0.15, -0.1) is 0 Å². The Hall–Kier alpha value is -2.49. The van der Waals surface area contributed by atoms with Gasteiger partial charge in [0.2, 0.25) is 5.91 Å². The Bertz CT molecular complexity index is 535. The van der Waals surface area contributed by atoms with Crippen LogP contribution in [0.3, 0.4) is 0 Å². The number of hydrogen-bond donors (Lipinski definition) is 2. The van der Waals surface area contributed by atoms with Crippen molar-refractivity contribution < 1.29 is 23.5 Å². The monoisotopic (exact) mass is 282 g/mol. The summed E-state index contributed by atoms with van der Waals surface area (Å²) in [6.07, 6.45) is -0.725. The Balaban J connectivity index is 2.71. The number of aliphatic carboxylic acids is 1. The number of nitrogens with zero attached hydrogens (tertiary/aromatic N) is 1. The third-order valence-corrected chi connectivity index (χ3v) is 2.58. The second-order valence-corrected chi connectivity index (χ2v) is 4.03. The molecule has 0 radical (unpaired) electrons. The standard InChI is InChI=1S/C13H12F2N2O3/c14-9-3-1-4-10(15)8(9)7-12(18)17-11(13(19)20)5-2-6-16/h1,3-4,11H,2,5,7H2,(H,17,18)(H,19,20)/t11-/m0/s1. The van der Waals surface area contributed by atoms with Crippen LogP contribution in [0.25, 0.3) is 0 Å². The molecule has 0 aliphatic heterocycles. The lowest BCUT2D eigenvalue weighted by Crippen LogP contribution is -2.41. The van der Waals surface area contributed by atoms with Crippen LogP contribution < -0.4 is 5.32 Å². The largest absolute Gasteiger partial charge is 0.480 e. The molecule has 1 rings (SSSR count). The van der Waals surface area contributed by atoms with Crippen molar-refractivity contribution in [1.82, 2.24) is 5.32 Å². The first-order valence-electron chi connectivity index (χ1n) is 5.77. The summed E-state index contributed by atoms with van der Waals surface area (Å²) in [5.74, 6) is -3.87. The van der Waals surface area contributed by atoms with Crippen molar-refractivity contribution in [3.63, 3.8) is 0 Å². The fourth-order valence-corrected chi connectivity index (χ4v) is 1.57.